The molecule has 0 bridgehead atoms. The number of halogens is 2. The van der Waals surface area contributed by atoms with Gasteiger partial charge in [0.15, 0.2) is 11.6 Å². The summed E-state index contributed by atoms with van der Waals surface area (Å²) in [6.07, 6.45) is 0. The maximum atomic E-state index is 13.9. The lowest BCUT2D eigenvalue weighted by atomic mass is 10.1. The lowest BCUT2D eigenvalue weighted by Crippen LogP contribution is -2.19. The van der Waals surface area contributed by atoms with Crippen molar-refractivity contribution in [2.75, 3.05) is 11.9 Å². The van der Waals surface area contributed by atoms with E-state index in [0.29, 0.717) is 6.54 Å². The highest BCUT2D eigenvalue weighted by Crippen LogP contribution is 2.24. The van der Waals surface area contributed by atoms with Gasteiger partial charge in [0.25, 0.3) is 0 Å². The van der Waals surface area contributed by atoms with E-state index in [1.54, 1.807) is 18.0 Å². The number of hydrogen-bond acceptors (Lipinski definition) is 4. The fourth-order valence-electron chi connectivity index (χ4n) is 1.84. The van der Waals surface area contributed by atoms with Crippen LogP contribution in [0, 0.1) is 18.6 Å². The molecule has 102 valence electrons. The highest BCUT2D eigenvalue weighted by atomic mass is 32.1. The summed E-state index contributed by atoms with van der Waals surface area (Å²) < 4.78 is 27.6. The Kier molecular flexibility index (Phi) is 4.11. The Hall–Kier alpha value is -1.53. The van der Waals surface area contributed by atoms with Crippen molar-refractivity contribution in [2.24, 2.45) is 5.73 Å². The molecule has 0 aliphatic carbocycles. The van der Waals surface area contributed by atoms with Crippen LogP contribution in [0.4, 0.5) is 14.5 Å². The van der Waals surface area contributed by atoms with Gasteiger partial charge in [-0.25, -0.2) is 13.8 Å². The summed E-state index contributed by atoms with van der Waals surface area (Å²) in [7, 11) is 1.70. The Morgan fingerprint density at radius 3 is 2.63 bits per heavy atom. The van der Waals surface area contributed by atoms with Gasteiger partial charge in [0.2, 0.25) is 0 Å². The van der Waals surface area contributed by atoms with Crippen LogP contribution >= 0.6 is 11.3 Å². The molecule has 0 aliphatic rings. The summed E-state index contributed by atoms with van der Waals surface area (Å²) in [4.78, 5) is 5.93. The molecule has 0 unspecified atom stereocenters. The summed E-state index contributed by atoms with van der Waals surface area (Å²) in [5.74, 6) is -1.74. The van der Waals surface area contributed by atoms with Crippen LogP contribution in [-0.2, 0) is 13.1 Å². The van der Waals surface area contributed by atoms with Crippen molar-refractivity contribution in [3.63, 3.8) is 0 Å². The maximum Gasteiger partial charge on any atom is 0.182 e. The number of rotatable bonds is 4. The Morgan fingerprint density at radius 1 is 1.32 bits per heavy atom. The Balaban J connectivity index is 2.24. The van der Waals surface area contributed by atoms with Crippen molar-refractivity contribution in [2.45, 2.75) is 20.0 Å². The largest absolute Gasteiger partial charge is 0.366 e. The summed E-state index contributed by atoms with van der Waals surface area (Å²) in [6.45, 7) is 2.32. The van der Waals surface area contributed by atoms with Crippen molar-refractivity contribution in [1.29, 1.82) is 0 Å². The number of hydrogen-bond donors (Lipinski definition) is 1. The molecule has 0 fully saturated rings. The Labute approximate surface area is 114 Å². The monoisotopic (exact) mass is 283 g/mol. The zero-order chi connectivity index (χ0) is 14.0. The number of benzene rings is 1. The molecule has 0 radical (unpaired) electrons. The first kappa shape index (κ1) is 13.9. The van der Waals surface area contributed by atoms with Crippen molar-refractivity contribution in [1.82, 2.24) is 4.98 Å². The van der Waals surface area contributed by atoms with E-state index in [-0.39, 0.29) is 17.8 Å². The van der Waals surface area contributed by atoms with Gasteiger partial charge >= 0.3 is 0 Å². The van der Waals surface area contributed by atoms with Crippen LogP contribution in [0.2, 0.25) is 0 Å². The maximum absolute atomic E-state index is 13.9. The molecule has 1 heterocycles. The van der Waals surface area contributed by atoms with Crippen molar-refractivity contribution < 1.29 is 8.78 Å². The zero-order valence-electron chi connectivity index (χ0n) is 10.8. The molecule has 0 aliphatic heterocycles. The molecule has 0 saturated heterocycles. The summed E-state index contributed by atoms with van der Waals surface area (Å²) in [6, 6.07) is 3.05. The number of aromatic nitrogens is 1. The van der Waals surface area contributed by atoms with Crippen LogP contribution in [0.1, 0.15) is 16.3 Å². The predicted octanol–water partition coefficient (Wildman–Crippen LogP) is 2.82. The van der Waals surface area contributed by atoms with Gasteiger partial charge in [-0.3, -0.25) is 0 Å². The first-order valence-electron chi connectivity index (χ1n) is 5.82. The number of nitrogens with two attached hydrogens (primary N) is 1. The third-order valence-electron chi connectivity index (χ3n) is 2.84. The van der Waals surface area contributed by atoms with Crippen LogP contribution in [-0.4, -0.2) is 12.0 Å². The van der Waals surface area contributed by atoms with Crippen LogP contribution in [0.25, 0.3) is 0 Å². The van der Waals surface area contributed by atoms with E-state index < -0.39 is 11.6 Å². The predicted molar refractivity (Wildman–Crippen MR) is 73.2 cm³/mol. The molecule has 19 heavy (non-hydrogen) atoms. The van der Waals surface area contributed by atoms with E-state index in [1.807, 2.05) is 12.3 Å². The molecule has 3 nitrogen and oxygen atoms in total. The van der Waals surface area contributed by atoms with Gasteiger partial charge in [-0.05, 0) is 13.0 Å². The average Bonchev–Trinajstić information content (AvgIpc) is 2.78. The first-order valence-corrected chi connectivity index (χ1v) is 6.70. The highest BCUT2D eigenvalue weighted by Gasteiger charge is 2.16. The van der Waals surface area contributed by atoms with E-state index in [1.165, 1.54) is 17.4 Å². The van der Waals surface area contributed by atoms with Gasteiger partial charge in [0, 0.05) is 24.5 Å². The molecule has 0 spiro atoms. The molecule has 6 heteroatoms. The van der Waals surface area contributed by atoms with Crippen molar-refractivity contribution >= 4 is 17.0 Å². The molecular weight excluding hydrogens is 268 g/mol. The second-order valence-electron chi connectivity index (χ2n) is 4.29. The molecule has 0 atom stereocenters. The number of aryl methyl sites for hydroxylation is 1. The third-order valence-corrected chi connectivity index (χ3v) is 3.66. The molecule has 2 aromatic rings. The van der Waals surface area contributed by atoms with Gasteiger partial charge in [0.1, 0.15) is 0 Å². The van der Waals surface area contributed by atoms with Crippen molar-refractivity contribution in [3.8, 4) is 0 Å². The van der Waals surface area contributed by atoms with Crippen LogP contribution in [0.15, 0.2) is 17.5 Å². The van der Waals surface area contributed by atoms with E-state index in [9.17, 15) is 8.78 Å². The van der Waals surface area contributed by atoms with Gasteiger partial charge in [-0.1, -0.05) is 6.07 Å². The molecule has 2 rings (SSSR count). The standard InChI is InChI=1S/C13H15F2N3S/c1-8-17-10(7-19-8)6-18(2)11-4-3-9(5-16)12(14)13(11)15/h3-4,7H,5-6,16H2,1-2H3. The summed E-state index contributed by atoms with van der Waals surface area (Å²) >= 11 is 1.53. The minimum Gasteiger partial charge on any atom is -0.366 e. The quantitative estimate of drug-likeness (QED) is 0.938. The van der Waals surface area contributed by atoms with Crippen LogP contribution in [0.5, 0.6) is 0 Å². The van der Waals surface area contributed by atoms with E-state index in [2.05, 4.69) is 4.98 Å². The van der Waals surface area contributed by atoms with Crippen LogP contribution in [0.3, 0.4) is 0 Å². The lowest BCUT2D eigenvalue weighted by Gasteiger charge is -2.19. The SMILES string of the molecule is Cc1nc(CN(C)c2ccc(CN)c(F)c2F)cs1. The second kappa shape index (κ2) is 5.63. The zero-order valence-corrected chi connectivity index (χ0v) is 11.6. The minimum absolute atomic E-state index is 0.0158. The topological polar surface area (TPSA) is 42.2 Å². The first-order chi connectivity index (χ1) is 9.02. The normalized spacial score (nSPS) is 10.8. The second-order valence-corrected chi connectivity index (χ2v) is 5.35. The number of thiazole rings is 1. The molecular formula is C13H15F2N3S. The smallest absolute Gasteiger partial charge is 0.182 e. The minimum atomic E-state index is -0.874. The fourth-order valence-corrected chi connectivity index (χ4v) is 2.44. The molecule has 1 aromatic heterocycles. The van der Waals surface area contributed by atoms with E-state index in [4.69, 9.17) is 5.73 Å². The Morgan fingerprint density at radius 2 is 2.05 bits per heavy atom. The number of nitrogens with zero attached hydrogens (tertiary/aromatic N) is 2. The summed E-state index contributed by atoms with van der Waals surface area (Å²) in [5, 5.41) is 2.86. The number of anilines is 1. The van der Waals surface area contributed by atoms with Crippen molar-refractivity contribution in [3.05, 3.63) is 45.4 Å². The molecule has 0 saturated carbocycles. The average molecular weight is 283 g/mol. The molecule has 0 amide bonds. The van der Waals surface area contributed by atoms with E-state index in [0.717, 1.165) is 10.7 Å². The third kappa shape index (κ3) is 2.90. The van der Waals surface area contributed by atoms with Gasteiger partial charge < -0.3 is 10.6 Å². The summed E-state index contributed by atoms with van der Waals surface area (Å²) in [5.41, 5.74) is 6.57. The van der Waals surface area contributed by atoms with Gasteiger partial charge in [-0.15, -0.1) is 11.3 Å². The van der Waals surface area contributed by atoms with Gasteiger partial charge in [0.05, 0.1) is 22.9 Å². The highest BCUT2D eigenvalue weighted by molar-refractivity contribution is 7.09. The molecule has 2 N–H and O–H groups in total. The lowest BCUT2D eigenvalue weighted by molar-refractivity contribution is 0.498. The van der Waals surface area contributed by atoms with Gasteiger partial charge in [-0.2, -0.15) is 0 Å². The van der Waals surface area contributed by atoms with Crippen LogP contribution < -0.4 is 10.6 Å². The molecule has 1 aromatic carbocycles. The Bertz CT molecular complexity index is 583. The fraction of sp³-hybridized carbons (Fsp3) is 0.308. The van der Waals surface area contributed by atoms with E-state index >= 15 is 0 Å².